The number of benzene rings is 1. The van der Waals surface area contributed by atoms with E-state index in [1.54, 1.807) is 35.4 Å². The van der Waals surface area contributed by atoms with E-state index in [4.69, 9.17) is 0 Å². The van der Waals surface area contributed by atoms with Gasteiger partial charge in [0.2, 0.25) is 10.0 Å². The molecule has 0 bridgehead atoms. The molecule has 3 heterocycles. The SMILES string of the molecule is C[C@H]1CN(C(=O)c2ccccc2)CCN1S(=O)(=O)c1c[nH]c2ncccc12. The molecule has 0 radical (unpaired) electrons. The largest absolute Gasteiger partial charge is 0.345 e. The van der Waals surface area contributed by atoms with Crippen LogP contribution in [0.25, 0.3) is 11.0 Å². The lowest BCUT2D eigenvalue weighted by Gasteiger charge is -2.38. The zero-order chi connectivity index (χ0) is 19.0. The van der Waals surface area contributed by atoms with Gasteiger partial charge in [0, 0.05) is 49.0 Å². The number of amides is 1. The number of hydrogen-bond donors (Lipinski definition) is 1. The van der Waals surface area contributed by atoms with E-state index in [1.165, 1.54) is 10.5 Å². The van der Waals surface area contributed by atoms with Crippen LogP contribution in [-0.2, 0) is 10.0 Å². The lowest BCUT2D eigenvalue weighted by molar-refractivity contribution is 0.0642. The number of fused-ring (bicyclic) bond motifs is 1. The van der Waals surface area contributed by atoms with Gasteiger partial charge in [-0.3, -0.25) is 4.79 Å². The molecule has 27 heavy (non-hydrogen) atoms. The number of carbonyl (C=O) groups is 1. The Hall–Kier alpha value is -2.71. The van der Waals surface area contributed by atoms with Crippen LogP contribution in [0.5, 0.6) is 0 Å². The van der Waals surface area contributed by atoms with Gasteiger partial charge in [-0.2, -0.15) is 4.31 Å². The van der Waals surface area contributed by atoms with Crippen molar-refractivity contribution >= 4 is 27.0 Å². The Morgan fingerprint density at radius 3 is 2.67 bits per heavy atom. The molecule has 2 aromatic heterocycles. The van der Waals surface area contributed by atoms with Crippen LogP contribution in [0.3, 0.4) is 0 Å². The molecular weight excluding hydrogens is 364 g/mol. The Balaban J connectivity index is 1.57. The van der Waals surface area contributed by atoms with Crippen molar-refractivity contribution in [3.05, 3.63) is 60.4 Å². The molecule has 1 aliphatic heterocycles. The first-order valence-corrected chi connectivity index (χ1v) is 10.2. The lowest BCUT2D eigenvalue weighted by atomic mass is 10.1. The molecule has 1 saturated heterocycles. The first-order chi connectivity index (χ1) is 13.0. The average molecular weight is 384 g/mol. The number of piperazine rings is 1. The van der Waals surface area contributed by atoms with E-state index in [0.29, 0.717) is 29.7 Å². The van der Waals surface area contributed by atoms with Gasteiger partial charge in [-0.15, -0.1) is 0 Å². The van der Waals surface area contributed by atoms with E-state index in [-0.39, 0.29) is 23.4 Å². The Bertz CT molecular complexity index is 1080. The fourth-order valence-electron chi connectivity index (χ4n) is 3.52. The van der Waals surface area contributed by atoms with Crippen molar-refractivity contribution in [1.29, 1.82) is 0 Å². The van der Waals surface area contributed by atoms with Gasteiger partial charge in [0.15, 0.2) is 0 Å². The molecule has 1 fully saturated rings. The number of nitrogens with one attached hydrogen (secondary N) is 1. The van der Waals surface area contributed by atoms with Crippen LogP contribution >= 0.6 is 0 Å². The quantitative estimate of drug-likeness (QED) is 0.749. The third kappa shape index (κ3) is 3.11. The topological polar surface area (TPSA) is 86.4 Å². The third-order valence-corrected chi connectivity index (χ3v) is 6.93. The predicted molar refractivity (Wildman–Crippen MR) is 102 cm³/mol. The monoisotopic (exact) mass is 384 g/mol. The fourth-order valence-corrected chi connectivity index (χ4v) is 5.28. The maximum atomic E-state index is 13.2. The number of hydrogen-bond acceptors (Lipinski definition) is 4. The molecule has 7 nitrogen and oxygen atoms in total. The van der Waals surface area contributed by atoms with Crippen molar-refractivity contribution in [2.24, 2.45) is 0 Å². The molecule has 4 rings (SSSR count). The summed E-state index contributed by atoms with van der Waals surface area (Å²) in [5.74, 6) is -0.0733. The Morgan fingerprint density at radius 1 is 1.15 bits per heavy atom. The minimum absolute atomic E-state index is 0.0733. The predicted octanol–water partition coefficient (Wildman–Crippen LogP) is 2.10. The van der Waals surface area contributed by atoms with Crippen LogP contribution in [0.4, 0.5) is 0 Å². The second-order valence-corrected chi connectivity index (χ2v) is 8.49. The molecule has 0 spiro atoms. The third-order valence-electron chi connectivity index (χ3n) is 4.87. The maximum Gasteiger partial charge on any atom is 0.253 e. The molecule has 0 aliphatic carbocycles. The number of rotatable bonds is 3. The summed E-state index contributed by atoms with van der Waals surface area (Å²) in [5.41, 5.74) is 1.16. The zero-order valence-electron chi connectivity index (χ0n) is 14.9. The summed E-state index contributed by atoms with van der Waals surface area (Å²) >= 11 is 0. The van der Waals surface area contributed by atoms with Gasteiger partial charge >= 0.3 is 0 Å². The van der Waals surface area contributed by atoms with E-state index in [2.05, 4.69) is 9.97 Å². The fraction of sp³-hybridized carbons (Fsp3) is 0.263. The zero-order valence-corrected chi connectivity index (χ0v) is 15.7. The van der Waals surface area contributed by atoms with Crippen molar-refractivity contribution in [3.8, 4) is 0 Å². The molecule has 1 aromatic carbocycles. The molecular formula is C19H20N4O3S. The smallest absolute Gasteiger partial charge is 0.253 e. The van der Waals surface area contributed by atoms with Crippen molar-refractivity contribution < 1.29 is 13.2 Å². The van der Waals surface area contributed by atoms with Crippen LogP contribution in [0.15, 0.2) is 59.8 Å². The molecule has 0 saturated carbocycles. The van der Waals surface area contributed by atoms with Crippen molar-refractivity contribution in [2.45, 2.75) is 17.9 Å². The molecule has 1 N–H and O–H groups in total. The Labute approximate surface area is 157 Å². The van der Waals surface area contributed by atoms with Crippen LogP contribution in [0.2, 0.25) is 0 Å². The summed E-state index contributed by atoms with van der Waals surface area (Å²) in [6.45, 7) is 2.80. The van der Waals surface area contributed by atoms with Gasteiger partial charge in [0.1, 0.15) is 10.5 Å². The van der Waals surface area contributed by atoms with Crippen LogP contribution in [0.1, 0.15) is 17.3 Å². The minimum Gasteiger partial charge on any atom is -0.345 e. The average Bonchev–Trinajstić information content (AvgIpc) is 3.13. The van der Waals surface area contributed by atoms with E-state index < -0.39 is 10.0 Å². The summed E-state index contributed by atoms with van der Waals surface area (Å²) in [5, 5.41) is 0.576. The van der Waals surface area contributed by atoms with Crippen molar-refractivity contribution in [2.75, 3.05) is 19.6 Å². The van der Waals surface area contributed by atoms with Crippen molar-refractivity contribution in [1.82, 2.24) is 19.2 Å². The standard InChI is InChI=1S/C19H20N4O3S/c1-14-13-22(19(24)15-6-3-2-4-7-15)10-11-23(14)27(25,26)17-12-21-18-16(17)8-5-9-20-18/h2-9,12,14H,10-11,13H2,1H3,(H,20,21)/t14-/m0/s1. The Kier molecular flexibility index (Phi) is 4.45. The van der Waals surface area contributed by atoms with E-state index in [9.17, 15) is 13.2 Å². The highest BCUT2D eigenvalue weighted by atomic mass is 32.2. The minimum atomic E-state index is -3.68. The van der Waals surface area contributed by atoms with Gasteiger partial charge in [0.05, 0.1) is 0 Å². The highest BCUT2D eigenvalue weighted by molar-refractivity contribution is 7.89. The number of sulfonamides is 1. The summed E-state index contributed by atoms with van der Waals surface area (Å²) in [4.78, 5) is 21.7. The van der Waals surface area contributed by atoms with Crippen LogP contribution < -0.4 is 0 Å². The van der Waals surface area contributed by atoms with Gasteiger partial charge in [-0.25, -0.2) is 13.4 Å². The lowest BCUT2D eigenvalue weighted by Crippen LogP contribution is -2.55. The molecule has 3 aromatic rings. The van der Waals surface area contributed by atoms with Gasteiger partial charge in [-0.05, 0) is 31.2 Å². The summed E-state index contributed by atoms with van der Waals surface area (Å²) in [6, 6.07) is 12.2. The first-order valence-electron chi connectivity index (χ1n) is 8.77. The molecule has 8 heteroatoms. The second-order valence-electron chi connectivity index (χ2n) is 6.63. The second kappa shape index (κ2) is 6.79. The molecule has 140 valence electrons. The molecule has 0 unspecified atom stereocenters. The number of carbonyl (C=O) groups excluding carboxylic acids is 1. The first kappa shape index (κ1) is 17.7. The summed E-state index contributed by atoms with van der Waals surface area (Å²) in [7, 11) is -3.68. The van der Waals surface area contributed by atoms with Crippen LogP contribution in [-0.4, -0.2) is 59.2 Å². The normalized spacial score (nSPS) is 18.7. The number of nitrogens with zero attached hydrogens (tertiary/aromatic N) is 3. The van der Waals surface area contributed by atoms with Crippen molar-refractivity contribution in [3.63, 3.8) is 0 Å². The van der Waals surface area contributed by atoms with E-state index in [0.717, 1.165) is 0 Å². The van der Waals surface area contributed by atoms with E-state index >= 15 is 0 Å². The van der Waals surface area contributed by atoms with Gasteiger partial charge in [-0.1, -0.05) is 18.2 Å². The number of pyridine rings is 1. The summed E-state index contributed by atoms with van der Waals surface area (Å²) in [6.07, 6.45) is 3.10. The van der Waals surface area contributed by atoms with Gasteiger partial charge in [0.25, 0.3) is 5.91 Å². The van der Waals surface area contributed by atoms with E-state index in [1.807, 2.05) is 25.1 Å². The van der Waals surface area contributed by atoms with Crippen LogP contribution in [0, 0.1) is 0 Å². The Morgan fingerprint density at radius 2 is 1.93 bits per heavy atom. The number of H-pyrrole nitrogens is 1. The number of aromatic nitrogens is 2. The number of aromatic amines is 1. The molecule has 1 atom stereocenters. The highest BCUT2D eigenvalue weighted by Gasteiger charge is 2.36. The highest BCUT2D eigenvalue weighted by Crippen LogP contribution is 2.27. The molecule has 1 aliphatic rings. The van der Waals surface area contributed by atoms with Gasteiger partial charge < -0.3 is 9.88 Å². The summed E-state index contributed by atoms with van der Waals surface area (Å²) < 4.78 is 27.9. The maximum absolute atomic E-state index is 13.2. The molecule has 1 amide bonds.